The Bertz CT molecular complexity index is 683. The van der Waals surface area contributed by atoms with Crippen LogP contribution in [0.1, 0.15) is 11.6 Å². The Morgan fingerprint density at radius 3 is 2.45 bits per heavy atom. The number of carbonyl (C=O) groups excluding carboxylic acids is 1. The molecule has 1 unspecified atom stereocenters. The summed E-state index contributed by atoms with van der Waals surface area (Å²) in [7, 11) is 0. The van der Waals surface area contributed by atoms with Gasteiger partial charge in [0, 0.05) is 11.3 Å². The van der Waals surface area contributed by atoms with E-state index in [0.29, 0.717) is 11.3 Å². The number of rotatable bonds is 2. The molecule has 1 atom stereocenters. The average molecular weight is 278 g/mol. The Morgan fingerprint density at radius 1 is 1.05 bits per heavy atom. The van der Waals surface area contributed by atoms with Gasteiger partial charge in [0.1, 0.15) is 29.2 Å². The first-order valence-corrected chi connectivity index (χ1v) is 5.87. The minimum absolute atomic E-state index is 0.317. The van der Waals surface area contributed by atoms with Crippen LogP contribution in [0.2, 0.25) is 0 Å². The van der Waals surface area contributed by atoms with Crippen molar-refractivity contribution in [3.8, 4) is 0 Å². The van der Waals surface area contributed by atoms with E-state index in [9.17, 15) is 18.0 Å². The number of anilines is 2. The number of hydrogen-bond donors (Lipinski definition) is 2. The van der Waals surface area contributed by atoms with Gasteiger partial charge in [-0.1, -0.05) is 6.07 Å². The molecule has 0 bridgehead atoms. The van der Waals surface area contributed by atoms with Crippen molar-refractivity contribution in [1.29, 1.82) is 0 Å². The summed E-state index contributed by atoms with van der Waals surface area (Å²) >= 11 is 0. The molecule has 2 aromatic carbocycles. The molecule has 0 saturated heterocycles. The Labute approximate surface area is 112 Å². The highest BCUT2D eigenvalue weighted by Crippen LogP contribution is 2.34. The van der Waals surface area contributed by atoms with Crippen LogP contribution >= 0.6 is 0 Å². The van der Waals surface area contributed by atoms with Crippen LogP contribution in [0.5, 0.6) is 0 Å². The molecule has 0 saturated carbocycles. The third-order valence-corrected chi connectivity index (χ3v) is 3.10. The van der Waals surface area contributed by atoms with Gasteiger partial charge in [-0.25, -0.2) is 13.2 Å². The first-order chi connectivity index (χ1) is 9.56. The van der Waals surface area contributed by atoms with E-state index >= 15 is 0 Å². The second-order valence-electron chi connectivity index (χ2n) is 4.39. The van der Waals surface area contributed by atoms with Crippen LogP contribution in [0.4, 0.5) is 24.5 Å². The standard InChI is InChI=1S/C14H9F3N2O/c15-7-4-5-11-8(6-7)12(14(20)18-11)19-13-9(16)2-1-3-10(13)17/h1-6,12,19H,(H,18,20). The zero-order valence-corrected chi connectivity index (χ0v) is 10.1. The van der Waals surface area contributed by atoms with E-state index in [-0.39, 0.29) is 0 Å². The maximum atomic E-state index is 13.6. The third kappa shape index (κ3) is 1.99. The van der Waals surface area contributed by atoms with Gasteiger partial charge in [0.15, 0.2) is 0 Å². The van der Waals surface area contributed by atoms with Gasteiger partial charge in [0.25, 0.3) is 5.91 Å². The molecule has 102 valence electrons. The number of para-hydroxylation sites is 1. The quantitative estimate of drug-likeness (QED) is 0.885. The van der Waals surface area contributed by atoms with Crippen molar-refractivity contribution in [1.82, 2.24) is 0 Å². The molecule has 0 aromatic heterocycles. The minimum Gasteiger partial charge on any atom is -0.365 e. The van der Waals surface area contributed by atoms with Crippen molar-refractivity contribution in [2.24, 2.45) is 0 Å². The molecule has 0 fully saturated rings. The maximum absolute atomic E-state index is 13.6. The summed E-state index contributed by atoms with van der Waals surface area (Å²) < 4.78 is 40.4. The molecule has 1 aliphatic rings. The summed E-state index contributed by atoms with van der Waals surface area (Å²) in [4.78, 5) is 11.8. The largest absolute Gasteiger partial charge is 0.365 e. The van der Waals surface area contributed by atoms with Gasteiger partial charge in [-0.3, -0.25) is 4.79 Å². The molecule has 20 heavy (non-hydrogen) atoms. The summed E-state index contributed by atoms with van der Waals surface area (Å²) in [6.45, 7) is 0. The first kappa shape index (κ1) is 12.5. The zero-order chi connectivity index (χ0) is 14.3. The Balaban J connectivity index is 2.00. The number of halogens is 3. The second kappa shape index (κ2) is 4.56. The van der Waals surface area contributed by atoms with E-state index < -0.39 is 35.1 Å². The highest BCUT2D eigenvalue weighted by Gasteiger charge is 2.32. The molecule has 1 aliphatic heterocycles. The Morgan fingerprint density at radius 2 is 1.75 bits per heavy atom. The number of fused-ring (bicyclic) bond motifs is 1. The number of nitrogens with one attached hydrogen (secondary N) is 2. The van der Waals surface area contributed by atoms with E-state index in [1.807, 2.05) is 0 Å². The summed E-state index contributed by atoms with van der Waals surface area (Å²) in [5.41, 5.74) is 0.327. The lowest BCUT2D eigenvalue weighted by atomic mass is 10.1. The van der Waals surface area contributed by atoms with E-state index in [4.69, 9.17) is 0 Å². The van der Waals surface area contributed by atoms with E-state index in [0.717, 1.165) is 18.2 Å². The Hall–Kier alpha value is -2.50. The summed E-state index contributed by atoms with van der Waals surface area (Å²) in [6, 6.07) is 6.09. The van der Waals surface area contributed by atoms with Crippen molar-refractivity contribution in [3.63, 3.8) is 0 Å². The molecule has 0 spiro atoms. The fourth-order valence-electron chi connectivity index (χ4n) is 2.16. The van der Waals surface area contributed by atoms with E-state index in [2.05, 4.69) is 10.6 Å². The van der Waals surface area contributed by atoms with Crippen molar-refractivity contribution >= 4 is 17.3 Å². The minimum atomic E-state index is -1.04. The van der Waals surface area contributed by atoms with Crippen LogP contribution in [-0.2, 0) is 4.79 Å². The summed E-state index contributed by atoms with van der Waals surface area (Å²) in [5.74, 6) is -2.65. The topological polar surface area (TPSA) is 41.1 Å². The van der Waals surface area contributed by atoms with Gasteiger partial charge in [-0.05, 0) is 30.3 Å². The molecule has 0 aliphatic carbocycles. The number of carbonyl (C=O) groups is 1. The fourth-order valence-corrected chi connectivity index (χ4v) is 2.16. The molecule has 2 N–H and O–H groups in total. The van der Waals surface area contributed by atoms with Gasteiger partial charge in [-0.15, -0.1) is 0 Å². The van der Waals surface area contributed by atoms with Crippen LogP contribution in [0.25, 0.3) is 0 Å². The van der Waals surface area contributed by atoms with Gasteiger partial charge in [-0.2, -0.15) is 0 Å². The molecule has 0 radical (unpaired) electrons. The van der Waals surface area contributed by atoms with Gasteiger partial charge < -0.3 is 10.6 Å². The number of hydrogen-bond acceptors (Lipinski definition) is 2. The third-order valence-electron chi connectivity index (χ3n) is 3.10. The smallest absolute Gasteiger partial charge is 0.251 e. The zero-order valence-electron chi connectivity index (χ0n) is 10.1. The highest BCUT2D eigenvalue weighted by atomic mass is 19.1. The number of amides is 1. The first-order valence-electron chi connectivity index (χ1n) is 5.87. The number of benzene rings is 2. The predicted octanol–water partition coefficient (Wildman–Crippen LogP) is 3.21. The predicted molar refractivity (Wildman–Crippen MR) is 67.8 cm³/mol. The van der Waals surface area contributed by atoms with Gasteiger partial charge in [0.05, 0.1) is 0 Å². The maximum Gasteiger partial charge on any atom is 0.251 e. The van der Waals surface area contributed by atoms with Gasteiger partial charge >= 0.3 is 0 Å². The molecule has 2 aromatic rings. The molecule has 3 nitrogen and oxygen atoms in total. The van der Waals surface area contributed by atoms with E-state index in [1.54, 1.807) is 0 Å². The molecular formula is C14H9F3N2O. The normalized spacial score (nSPS) is 16.8. The SMILES string of the molecule is O=C1Nc2ccc(F)cc2C1Nc1c(F)cccc1F. The van der Waals surface area contributed by atoms with Crippen molar-refractivity contribution in [2.75, 3.05) is 10.6 Å². The van der Waals surface area contributed by atoms with Crippen LogP contribution in [0, 0.1) is 17.5 Å². The van der Waals surface area contributed by atoms with Crippen molar-refractivity contribution in [3.05, 3.63) is 59.4 Å². The second-order valence-corrected chi connectivity index (χ2v) is 4.39. The van der Waals surface area contributed by atoms with Crippen LogP contribution in [-0.4, -0.2) is 5.91 Å². The highest BCUT2D eigenvalue weighted by molar-refractivity contribution is 6.04. The van der Waals surface area contributed by atoms with Crippen molar-refractivity contribution < 1.29 is 18.0 Å². The molecule has 6 heteroatoms. The average Bonchev–Trinajstić information content (AvgIpc) is 2.70. The van der Waals surface area contributed by atoms with Gasteiger partial charge in [0.2, 0.25) is 0 Å². The lowest BCUT2D eigenvalue weighted by Gasteiger charge is -2.14. The van der Waals surface area contributed by atoms with Crippen molar-refractivity contribution in [2.45, 2.75) is 6.04 Å². The molecule has 1 heterocycles. The monoisotopic (exact) mass is 278 g/mol. The van der Waals surface area contributed by atoms with Crippen LogP contribution in [0.3, 0.4) is 0 Å². The Kier molecular flexibility index (Phi) is 2.85. The molecule has 1 amide bonds. The summed E-state index contributed by atoms with van der Waals surface area (Å²) in [5, 5.41) is 5.00. The molecule has 3 rings (SSSR count). The lowest BCUT2D eigenvalue weighted by molar-refractivity contribution is -0.116. The van der Waals surface area contributed by atoms with Crippen LogP contribution in [0.15, 0.2) is 36.4 Å². The molecular weight excluding hydrogens is 269 g/mol. The van der Waals surface area contributed by atoms with E-state index in [1.165, 1.54) is 18.2 Å². The fraction of sp³-hybridized carbons (Fsp3) is 0.0714. The lowest BCUT2D eigenvalue weighted by Crippen LogP contribution is -2.21. The van der Waals surface area contributed by atoms with Crippen LogP contribution < -0.4 is 10.6 Å². The summed E-state index contributed by atoms with van der Waals surface area (Å²) in [6.07, 6.45) is 0.